The molecule has 0 aromatic heterocycles. The molecule has 0 aliphatic carbocycles. The van der Waals surface area contributed by atoms with Gasteiger partial charge in [0.15, 0.2) is 6.29 Å². The number of aliphatic hydroxyl groups is 1. The highest BCUT2D eigenvalue weighted by atomic mass is 35.5. The smallest absolute Gasteiger partial charge is 0.246 e. The molecule has 122 valence electrons. The van der Waals surface area contributed by atoms with Gasteiger partial charge in [0.2, 0.25) is 10.0 Å². The second kappa shape index (κ2) is 7.04. The minimum absolute atomic E-state index is 0.0585. The van der Waals surface area contributed by atoms with E-state index >= 15 is 0 Å². The van der Waals surface area contributed by atoms with Crippen LogP contribution in [0.3, 0.4) is 0 Å². The Labute approximate surface area is 133 Å². The Balaban J connectivity index is 2.26. The van der Waals surface area contributed by atoms with Gasteiger partial charge in [-0.15, -0.1) is 0 Å². The second-order valence-corrected chi connectivity index (χ2v) is 7.60. The Hall–Kier alpha value is -1.02. The Bertz CT molecular complexity index is 657. The van der Waals surface area contributed by atoms with Crippen LogP contribution >= 0.6 is 11.6 Å². The molecule has 0 atom stereocenters. The van der Waals surface area contributed by atoms with Gasteiger partial charge in [0, 0.05) is 25.3 Å². The van der Waals surface area contributed by atoms with E-state index in [4.69, 9.17) is 16.7 Å². The predicted molar refractivity (Wildman–Crippen MR) is 80.0 cm³/mol. The van der Waals surface area contributed by atoms with Crippen LogP contribution in [0.4, 0.5) is 4.39 Å². The fourth-order valence-corrected chi connectivity index (χ4v) is 4.34. The van der Waals surface area contributed by atoms with E-state index in [-0.39, 0.29) is 36.2 Å². The molecule has 1 aliphatic heterocycles. The van der Waals surface area contributed by atoms with Gasteiger partial charge >= 0.3 is 0 Å². The minimum Gasteiger partial charge on any atom is -0.396 e. The molecule has 5 nitrogen and oxygen atoms in total. The van der Waals surface area contributed by atoms with E-state index in [0.717, 1.165) is 12.1 Å². The van der Waals surface area contributed by atoms with Crippen molar-refractivity contribution < 1.29 is 22.7 Å². The predicted octanol–water partition coefficient (Wildman–Crippen LogP) is 2.07. The van der Waals surface area contributed by atoms with Crippen molar-refractivity contribution in [3.05, 3.63) is 28.5 Å². The van der Waals surface area contributed by atoms with Crippen molar-refractivity contribution in [2.45, 2.75) is 24.2 Å². The van der Waals surface area contributed by atoms with Crippen molar-refractivity contribution >= 4 is 27.9 Å². The summed E-state index contributed by atoms with van der Waals surface area (Å²) in [6.07, 6.45) is 2.28. The Morgan fingerprint density at radius 2 is 2.00 bits per heavy atom. The normalized spacial score (nSPS) is 17.6. The van der Waals surface area contributed by atoms with Crippen molar-refractivity contribution in [1.29, 1.82) is 0 Å². The van der Waals surface area contributed by atoms with E-state index in [9.17, 15) is 17.6 Å². The number of aldehydes is 1. The summed E-state index contributed by atoms with van der Waals surface area (Å²) in [5.41, 5.74) is -0.0585. The van der Waals surface area contributed by atoms with Crippen LogP contribution in [0, 0.1) is 11.7 Å². The third-order valence-corrected chi connectivity index (χ3v) is 6.15. The van der Waals surface area contributed by atoms with Gasteiger partial charge in [-0.1, -0.05) is 11.6 Å². The number of rotatable bonds is 5. The number of carbonyl (C=O) groups is 1. The summed E-state index contributed by atoms with van der Waals surface area (Å²) in [6.45, 7) is 0.614. The molecule has 1 aromatic carbocycles. The van der Waals surface area contributed by atoms with Crippen LogP contribution in [0.1, 0.15) is 29.6 Å². The van der Waals surface area contributed by atoms with Crippen molar-refractivity contribution in [1.82, 2.24) is 4.31 Å². The highest BCUT2D eigenvalue weighted by molar-refractivity contribution is 7.89. The summed E-state index contributed by atoms with van der Waals surface area (Å²) in [5, 5.41) is 8.80. The molecule has 2 rings (SSSR count). The molecule has 1 aromatic rings. The molecule has 1 N–H and O–H groups in total. The van der Waals surface area contributed by atoms with Crippen LogP contribution in [-0.2, 0) is 10.0 Å². The first-order chi connectivity index (χ1) is 10.4. The monoisotopic (exact) mass is 349 g/mol. The number of benzene rings is 1. The summed E-state index contributed by atoms with van der Waals surface area (Å²) in [7, 11) is -4.00. The minimum atomic E-state index is -4.00. The molecule has 1 fully saturated rings. The number of halogens is 2. The molecular weight excluding hydrogens is 333 g/mol. The molecule has 0 spiro atoms. The number of hydrogen-bond acceptors (Lipinski definition) is 4. The first-order valence-corrected chi connectivity index (χ1v) is 8.77. The van der Waals surface area contributed by atoms with Gasteiger partial charge in [0.05, 0.1) is 5.02 Å². The molecule has 0 saturated carbocycles. The standard InChI is InChI=1S/C14H17ClFNO4S/c15-12-8-13(16)14(7-11(12)9-19)22(20,21)17-4-1-10(2-5-17)3-6-18/h7-10,18H,1-6H2. The zero-order valence-corrected chi connectivity index (χ0v) is 13.4. The molecule has 1 aliphatic rings. The molecule has 1 heterocycles. The third-order valence-electron chi connectivity index (χ3n) is 3.91. The highest BCUT2D eigenvalue weighted by Gasteiger charge is 2.31. The van der Waals surface area contributed by atoms with Gasteiger partial charge in [-0.25, -0.2) is 12.8 Å². The summed E-state index contributed by atoms with van der Waals surface area (Å²) < 4.78 is 40.2. The van der Waals surface area contributed by atoms with Crippen LogP contribution in [0.25, 0.3) is 0 Å². The summed E-state index contributed by atoms with van der Waals surface area (Å²) in [5.74, 6) is -0.690. The second-order valence-electron chi connectivity index (χ2n) is 5.28. The van der Waals surface area contributed by atoms with Crippen LogP contribution in [0.5, 0.6) is 0 Å². The maximum Gasteiger partial charge on any atom is 0.246 e. The zero-order chi connectivity index (χ0) is 16.3. The number of piperidine rings is 1. The van der Waals surface area contributed by atoms with Crippen LogP contribution in [0.15, 0.2) is 17.0 Å². The molecule has 1 saturated heterocycles. The van der Waals surface area contributed by atoms with Gasteiger partial charge in [-0.05, 0) is 37.3 Å². The van der Waals surface area contributed by atoms with Crippen molar-refractivity contribution in [3.63, 3.8) is 0 Å². The van der Waals surface area contributed by atoms with Gasteiger partial charge in [-0.3, -0.25) is 4.79 Å². The maximum atomic E-state index is 14.0. The maximum absolute atomic E-state index is 14.0. The quantitative estimate of drug-likeness (QED) is 0.826. The van der Waals surface area contributed by atoms with E-state index < -0.39 is 20.7 Å². The summed E-state index contributed by atoms with van der Waals surface area (Å²) in [6, 6.07) is 1.82. The lowest BCUT2D eigenvalue weighted by Gasteiger charge is -2.31. The summed E-state index contributed by atoms with van der Waals surface area (Å²) >= 11 is 5.69. The number of hydrogen-bond donors (Lipinski definition) is 1. The first kappa shape index (κ1) is 17.3. The molecule has 0 unspecified atom stereocenters. The van der Waals surface area contributed by atoms with Crippen molar-refractivity contribution in [2.75, 3.05) is 19.7 Å². The van der Waals surface area contributed by atoms with E-state index in [2.05, 4.69) is 0 Å². The number of sulfonamides is 1. The fraction of sp³-hybridized carbons (Fsp3) is 0.500. The van der Waals surface area contributed by atoms with Crippen molar-refractivity contribution in [2.24, 2.45) is 5.92 Å². The van der Waals surface area contributed by atoms with Gasteiger partial charge < -0.3 is 5.11 Å². The lowest BCUT2D eigenvalue weighted by molar-refractivity contribution is 0.112. The highest BCUT2D eigenvalue weighted by Crippen LogP contribution is 2.29. The lowest BCUT2D eigenvalue weighted by atomic mass is 9.95. The van der Waals surface area contributed by atoms with E-state index in [1.54, 1.807) is 0 Å². The Morgan fingerprint density at radius 3 is 2.55 bits per heavy atom. The molecule has 8 heteroatoms. The van der Waals surface area contributed by atoms with Gasteiger partial charge in [0.25, 0.3) is 0 Å². The average molecular weight is 350 g/mol. The lowest BCUT2D eigenvalue weighted by Crippen LogP contribution is -2.39. The first-order valence-electron chi connectivity index (χ1n) is 6.95. The van der Waals surface area contributed by atoms with Gasteiger partial charge in [0.1, 0.15) is 10.7 Å². The average Bonchev–Trinajstić information content (AvgIpc) is 2.48. The molecular formula is C14H17ClFNO4S. The number of nitrogens with zero attached hydrogens (tertiary/aromatic N) is 1. The number of aliphatic hydroxyl groups excluding tert-OH is 1. The fourth-order valence-electron chi connectivity index (χ4n) is 2.59. The summed E-state index contributed by atoms with van der Waals surface area (Å²) in [4.78, 5) is 10.3. The Morgan fingerprint density at radius 1 is 1.36 bits per heavy atom. The van der Waals surface area contributed by atoms with E-state index in [1.165, 1.54) is 4.31 Å². The topological polar surface area (TPSA) is 74.7 Å². The van der Waals surface area contributed by atoms with Crippen LogP contribution in [-0.4, -0.2) is 43.8 Å². The molecule has 0 bridgehead atoms. The van der Waals surface area contributed by atoms with E-state index in [0.29, 0.717) is 25.5 Å². The SMILES string of the molecule is O=Cc1cc(S(=O)(=O)N2CCC(CCO)CC2)c(F)cc1Cl. The van der Waals surface area contributed by atoms with Crippen LogP contribution in [0.2, 0.25) is 5.02 Å². The molecule has 22 heavy (non-hydrogen) atoms. The third kappa shape index (κ3) is 3.48. The largest absolute Gasteiger partial charge is 0.396 e. The van der Waals surface area contributed by atoms with Crippen LogP contribution < -0.4 is 0 Å². The molecule has 0 amide bonds. The number of carbonyl (C=O) groups excluding carboxylic acids is 1. The van der Waals surface area contributed by atoms with Gasteiger partial charge in [-0.2, -0.15) is 4.31 Å². The zero-order valence-electron chi connectivity index (χ0n) is 11.8. The Kier molecular flexibility index (Phi) is 5.55. The van der Waals surface area contributed by atoms with Crippen molar-refractivity contribution in [3.8, 4) is 0 Å². The van der Waals surface area contributed by atoms with E-state index in [1.807, 2.05) is 0 Å². The molecule has 0 radical (unpaired) electrons.